The molecule has 0 saturated heterocycles. The number of carbonyl (C=O) groups excluding carboxylic acids is 1. The van der Waals surface area contributed by atoms with Crippen LogP contribution in [0.1, 0.15) is 12.5 Å². The number of carbonyl (C=O) groups is 1. The van der Waals surface area contributed by atoms with Crippen LogP contribution in [0, 0.1) is 0 Å². The van der Waals surface area contributed by atoms with E-state index in [1.54, 1.807) is 25.6 Å². The summed E-state index contributed by atoms with van der Waals surface area (Å²) >= 11 is 0. The van der Waals surface area contributed by atoms with E-state index in [0.29, 0.717) is 30.5 Å². The highest BCUT2D eigenvalue weighted by Gasteiger charge is 2.09. The number of hydrogen-bond donors (Lipinski definition) is 3. The van der Waals surface area contributed by atoms with Gasteiger partial charge in [0, 0.05) is 36.1 Å². The minimum absolute atomic E-state index is 0.325. The molecule has 2 amide bonds. The molecule has 7 nitrogen and oxygen atoms in total. The fourth-order valence-corrected chi connectivity index (χ4v) is 2.40. The van der Waals surface area contributed by atoms with Gasteiger partial charge in [-0.15, -0.1) is 0 Å². The van der Waals surface area contributed by atoms with E-state index in [1.807, 2.05) is 31.2 Å². The van der Waals surface area contributed by atoms with Crippen molar-refractivity contribution in [2.45, 2.75) is 13.5 Å². The van der Waals surface area contributed by atoms with E-state index >= 15 is 0 Å². The van der Waals surface area contributed by atoms with E-state index in [9.17, 15) is 4.79 Å². The van der Waals surface area contributed by atoms with Gasteiger partial charge in [0.25, 0.3) is 0 Å². The van der Waals surface area contributed by atoms with Crippen LogP contribution in [-0.2, 0) is 11.3 Å². The van der Waals surface area contributed by atoms with Crippen LogP contribution in [0.5, 0.6) is 5.88 Å². The third-order valence-electron chi connectivity index (χ3n) is 3.68. The topological polar surface area (TPSA) is 88.3 Å². The summed E-state index contributed by atoms with van der Waals surface area (Å²) in [4.78, 5) is 19.4. The standard InChI is InChI=1S/C18H20N4O3/c1-3-25-11-12-4-6-13(7-5-12)21-18(23)22-16-10-19-15-8-17(24-2)20-9-14(15)16/h4-10,19H,3,11H2,1-2H3,(H2,21,22,23). The molecule has 25 heavy (non-hydrogen) atoms. The van der Waals surface area contributed by atoms with Crippen LogP contribution in [0.4, 0.5) is 16.2 Å². The molecule has 0 spiro atoms. The highest BCUT2D eigenvalue weighted by Crippen LogP contribution is 2.25. The number of nitrogens with zero attached hydrogens (tertiary/aromatic N) is 1. The smallest absolute Gasteiger partial charge is 0.323 e. The minimum atomic E-state index is -0.325. The molecule has 130 valence electrons. The lowest BCUT2D eigenvalue weighted by Gasteiger charge is -2.08. The molecule has 3 rings (SSSR count). The van der Waals surface area contributed by atoms with Crippen LogP contribution in [0.3, 0.4) is 0 Å². The number of methoxy groups -OCH3 is 1. The Bertz CT molecular complexity index is 858. The van der Waals surface area contributed by atoms with Gasteiger partial charge in [-0.25, -0.2) is 9.78 Å². The van der Waals surface area contributed by atoms with Crippen molar-refractivity contribution in [1.29, 1.82) is 0 Å². The van der Waals surface area contributed by atoms with E-state index in [2.05, 4.69) is 20.6 Å². The quantitative estimate of drug-likeness (QED) is 0.637. The summed E-state index contributed by atoms with van der Waals surface area (Å²) in [6, 6.07) is 8.98. The zero-order chi connectivity index (χ0) is 17.6. The van der Waals surface area contributed by atoms with E-state index < -0.39 is 0 Å². The average molecular weight is 340 g/mol. The third kappa shape index (κ3) is 4.07. The Kier molecular flexibility index (Phi) is 5.15. The summed E-state index contributed by atoms with van der Waals surface area (Å²) in [5.41, 5.74) is 3.25. The predicted octanol–water partition coefficient (Wildman–Crippen LogP) is 3.75. The molecule has 2 aromatic heterocycles. The fraction of sp³-hybridized carbons (Fsp3) is 0.222. The monoisotopic (exact) mass is 340 g/mol. The van der Waals surface area contributed by atoms with Crippen molar-refractivity contribution in [3.63, 3.8) is 0 Å². The van der Waals surface area contributed by atoms with E-state index in [1.165, 1.54) is 0 Å². The average Bonchev–Trinajstić information content (AvgIpc) is 3.03. The van der Waals surface area contributed by atoms with Crippen LogP contribution >= 0.6 is 0 Å². The Morgan fingerprint density at radius 3 is 2.76 bits per heavy atom. The highest BCUT2D eigenvalue weighted by atomic mass is 16.5. The lowest BCUT2D eigenvalue weighted by Crippen LogP contribution is -2.19. The molecule has 0 saturated carbocycles. The molecule has 0 aliphatic heterocycles. The molecular formula is C18H20N4O3. The first-order valence-electron chi connectivity index (χ1n) is 7.95. The summed E-state index contributed by atoms with van der Waals surface area (Å²) in [6.07, 6.45) is 3.37. The lowest BCUT2D eigenvalue weighted by atomic mass is 10.2. The molecule has 0 aliphatic rings. The number of benzene rings is 1. The molecule has 3 aromatic rings. The molecule has 0 aliphatic carbocycles. The molecule has 2 heterocycles. The number of ether oxygens (including phenoxy) is 2. The zero-order valence-corrected chi connectivity index (χ0v) is 14.1. The van der Waals surface area contributed by atoms with Gasteiger partial charge in [-0.2, -0.15) is 0 Å². The summed E-state index contributed by atoms with van der Waals surface area (Å²) < 4.78 is 10.4. The largest absolute Gasteiger partial charge is 0.481 e. The number of urea groups is 1. The maximum atomic E-state index is 12.2. The van der Waals surface area contributed by atoms with Crippen molar-refractivity contribution >= 4 is 28.3 Å². The third-order valence-corrected chi connectivity index (χ3v) is 3.68. The highest BCUT2D eigenvalue weighted by molar-refractivity contribution is 6.05. The summed E-state index contributed by atoms with van der Waals surface area (Å²) in [5, 5.41) is 6.42. The van der Waals surface area contributed by atoms with Gasteiger partial charge in [-0.05, 0) is 24.6 Å². The second-order valence-electron chi connectivity index (χ2n) is 5.39. The van der Waals surface area contributed by atoms with Gasteiger partial charge in [0.1, 0.15) is 0 Å². The van der Waals surface area contributed by atoms with E-state index in [-0.39, 0.29) is 6.03 Å². The fourth-order valence-electron chi connectivity index (χ4n) is 2.40. The van der Waals surface area contributed by atoms with Crippen LogP contribution in [0.15, 0.2) is 42.7 Å². The zero-order valence-electron chi connectivity index (χ0n) is 14.1. The second-order valence-corrected chi connectivity index (χ2v) is 5.39. The number of anilines is 2. The number of hydrogen-bond acceptors (Lipinski definition) is 4. The predicted molar refractivity (Wildman–Crippen MR) is 97.1 cm³/mol. The summed E-state index contributed by atoms with van der Waals surface area (Å²) in [6.45, 7) is 3.19. The minimum Gasteiger partial charge on any atom is -0.481 e. The van der Waals surface area contributed by atoms with Crippen molar-refractivity contribution in [3.05, 3.63) is 48.3 Å². The molecule has 0 unspecified atom stereocenters. The van der Waals surface area contributed by atoms with Crippen LogP contribution in [-0.4, -0.2) is 29.7 Å². The molecule has 0 radical (unpaired) electrons. The maximum absolute atomic E-state index is 12.2. The molecular weight excluding hydrogens is 320 g/mol. The molecule has 0 fully saturated rings. The number of aromatic nitrogens is 2. The first-order chi connectivity index (χ1) is 12.2. The normalized spacial score (nSPS) is 10.6. The number of amides is 2. The summed E-state index contributed by atoms with van der Waals surface area (Å²) in [5.74, 6) is 0.512. The van der Waals surface area contributed by atoms with Crippen LogP contribution < -0.4 is 15.4 Å². The first kappa shape index (κ1) is 16.8. The molecule has 0 bridgehead atoms. The second kappa shape index (κ2) is 7.67. The van der Waals surface area contributed by atoms with Crippen molar-refractivity contribution in [3.8, 4) is 5.88 Å². The Balaban J connectivity index is 1.64. The van der Waals surface area contributed by atoms with Gasteiger partial charge in [0.15, 0.2) is 0 Å². The van der Waals surface area contributed by atoms with Gasteiger partial charge in [-0.1, -0.05) is 12.1 Å². The lowest BCUT2D eigenvalue weighted by molar-refractivity contribution is 0.134. The number of rotatable bonds is 6. The molecule has 7 heteroatoms. The number of nitrogens with one attached hydrogen (secondary N) is 3. The number of pyridine rings is 1. The van der Waals surface area contributed by atoms with Gasteiger partial charge in [0.05, 0.1) is 24.9 Å². The van der Waals surface area contributed by atoms with Crippen molar-refractivity contribution in [2.75, 3.05) is 24.4 Å². The van der Waals surface area contributed by atoms with Gasteiger partial charge < -0.3 is 25.1 Å². The molecule has 3 N–H and O–H groups in total. The number of H-pyrrole nitrogens is 1. The van der Waals surface area contributed by atoms with E-state index in [4.69, 9.17) is 9.47 Å². The summed E-state index contributed by atoms with van der Waals surface area (Å²) in [7, 11) is 1.56. The van der Waals surface area contributed by atoms with Crippen molar-refractivity contribution < 1.29 is 14.3 Å². The number of aromatic amines is 1. The van der Waals surface area contributed by atoms with Crippen LogP contribution in [0.25, 0.3) is 10.9 Å². The van der Waals surface area contributed by atoms with Gasteiger partial charge in [0.2, 0.25) is 5.88 Å². The molecule has 0 atom stereocenters. The maximum Gasteiger partial charge on any atom is 0.323 e. The first-order valence-corrected chi connectivity index (χ1v) is 7.95. The Morgan fingerprint density at radius 1 is 1.24 bits per heavy atom. The van der Waals surface area contributed by atoms with Crippen molar-refractivity contribution in [1.82, 2.24) is 9.97 Å². The van der Waals surface area contributed by atoms with Crippen molar-refractivity contribution in [2.24, 2.45) is 0 Å². The Labute approximate surface area is 145 Å². The van der Waals surface area contributed by atoms with E-state index in [0.717, 1.165) is 16.5 Å². The Morgan fingerprint density at radius 2 is 2.04 bits per heavy atom. The van der Waals surface area contributed by atoms with Gasteiger partial charge >= 0.3 is 6.03 Å². The SMILES string of the molecule is CCOCc1ccc(NC(=O)Nc2c[nH]c3cc(OC)ncc23)cc1. The van der Waals surface area contributed by atoms with Gasteiger partial charge in [-0.3, -0.25) is 0 Å². The number of fused-ring (bicyclic) bond motifs is 1. The van der Waals surface area contributed by atoms with Crippen LogP contribution in [0.2, 0.25) is 0 Å². The Hall–Kier alpha value is -3.06. The molecule has 1 aromatic carbocycles.